The van der Waals surface area contributed by atoms with Crippen molar-refractivity contribution in [3.8, 4) is 0 Å². The summed E-state index contributed by atoms with van der Waals surface area (Å²) in [5, 5.41) is 0. The monoisotopic (exact) mass is 159 g/mol. The molecule has 0 N–H and O–H groups in total. The molecule has 7 heavy (non-hydrogen) atoms. The van der Waals surface area contributed by atoms with E-state index in [9.17, 15) is 0 Å². The van der Waals surface area contributed by atoms with Crippen molar-refractivity contribution in [3.05, 3.63) is 0 Å². The van der Waals surface area contributed by atoms with Crippen LogP contribution >= 0.6 is 23.2 Å². The fourth-order valence-corrected chi connectivity index (χ4v) is 1.89. The Labute approximate surface area is 56.9 Å². The Balaban J connectivity index is 2.59. The molecule has 1 saturated heterocycles. The molecule has 0 aliphatic carbocycles. The van der Waals surface area contributed by atoms with Gasteiger partial charge in [-0.25, -0.2) is 0 Å². The molecular weight excluding hydrogens is 154 g/mol. The van der Waals surface area contributed by atoms with E-state index in [1.165, 1.54) is 0 Å². The van der Waals surface area contributed by atoms with Crippen molar-refractivity contribution in [3.63, 3.8) is 0 Å². The highest BCUT2D eigenvalue weighted by Gasteiger charge is 2.81. The van der Waals surface area contributed by atoms with Crippen molar-refractivity contribution < 1.29 is 10.8 Å². The Morgan fingerprint density at radius 2 is 1.43 bits per heavy atom. The molecule has 1 aliphatic heterocycles. The van der Waals surface area contributed by atoms with Crippen molar-refractivity contribution >= 4 is 23.2 Å². The topological polar surface area (TPSA) is 0 Å². The molecular formula is C4H6Cl3+. The first-order chi connectivity index (χ1) is 2.96. The van der Waals surface area contributed by atoms with Crippen LogP contribution in [-0.4, -0.2) is 8.67 Å². The van der Waals surface area contributed by atoms with Gasteiger partial charge in [-0.2, -0.15) is 0 Å². The zero-order valence-electron chi connectivity index (χ0n) is 4.13. The summed E-state index contributed by atoms with van der Waals surface area (Å²) in [5.74, 6) is 0. The van der Waals surface area contributed by atoms with Gasteiger partial charge in [-0.05, 0) is 23.2 Å². The molecule has 0 spiro atoms. The van der Waals surface area contributed by atoms with Gasteiger partial charge in [-0.1, -0.05) is 0 Å². The first kappa shape index (κ1) is 6.00. The maximum atomic E-state index is 5.64. The first-order valence-electron chi connectivity index (χ1n) is 2.01. The van der Waals surface area contributed by atoms with Crippen molar-refractivity contribution in [1.29, 1.82) is 0 Å². The molecule has 0 aromatic rings. The smallest absolute Gasteiger partial charge is 0.0262 e. The largest absolute Gasteiger partial charge is 0.398 e. The van der Waals surface area contributed by atoms with Crippen LogP contribution in [0, 0.1) is 10.8 Å². The third kappa shape index (κ3) is 0.847. The molecule has 0 atom stereocenters. The lowest BCUT2D eigenvalue weighted by Crippen LogP contribution is -2.04. The summed E-state index contributed by atoms with van der Waals surface area (Å²) in [7, 11) is 2.01. The average Bonchev–Trinajstić information content (AvgIpc) is 1.63. The number of hydrogen-bond donors (Lipinski definition) is 0. The third-order valence-electron chi connectivity index (χ3n) is 0.993. The van der Waals surface area contributed by atoms with E-state index in [0.29, 0.717) is 0 Å². The van der Waals surface area contributed by atoms with Gasteiger partial charge in [0.15, 0.2) is 10.8 Å². The molecule has 0 saturated carbocycles. The van der Waals surface area contributed by atoms with Crippen LogP contribution in [0.1, 0.15) is 13.8 Å². The highest BCUT2D eigenvalue weighted by atomic mass is 35.6. The standard InChI is InChI=1S/C4H6Cl3/c1-3(2)4(5,6)7-3/h1-2H3/q+1. The molecule has 1 heterocycles. The summed E-state index contributed by atoms with van der Waals surface area (Å²) in [6, 6.07) is 0. The van der Waals surface area contributed by atoms with E-state index in [0.717, 1.165) is 0 Å². The lowest BCUT2D eigenvalue weighted by Gasteiger charge is -1.79. The summed E-state index contributed by atoms with van der Waals surface area (Å²) in [4.78, 5) is 0.0378. The van der Waals surface area contributed by atoms with Gasteiger partial charge in [-0.15, -0.1) is 0 Å². The van der Waals surface area contributed by atoms with Gasteiger partial charge in [0, 0.05) is 13.8 Å². The Bertz CT molecular complexity index is 83.1. The van der Waals surface area contributed by atoms with E-state index >= 15 is 0 Å². The van der Waals surface area contributed by atoms with Crippen LogP contribution in [0.25, 0.3) is 0 Å². The highest BCUT2D eigenvalue weighted by Crippen LogP contribution is 2.55. The molecule has 1 rings (SSSR count). The lowest BCUT2D eigenvalue weighted by molar-refractivity contribution is -0.532. The number of alkyl halides is 4. The van der Waals surface area contributed by atoms with Gasteiger partial charge in [0.1, 0.15) is 0 Å². The van der Waals surface area contributed by atoms with Crippen LogP contribution in [0.5, 0.6) is 0 Å². The summed E-state index contributed by atoms with van der Waals surface area (Å²) in [6.45, 7) is 4.00. The Morgan fingerprint density at radius 1 is 1.29 bits per heavy atom. The van der Waals surface area contributed by atoms with Crippen molar-refractivity contribution in [2.75, 3.05) is 0 Å². The lowest BCUT2D eigenvalue weighted by atomic mass is 10.3. The van der Waals surface area contributed by atoms with Gasteiger partial charge < -0.3 is 0 Å². The van der Waals surface area contributed by atoms with Crippen molar-refractivity contribution in [1.82, 2.24) is 0 Å². The van der Waals surface area contributed by atoms with Gasteiger partial charge in [0.05, 0.1) is 0 Å². The zero-order chi connectivity index (χ0) is 5.71. The van der Waals surface area contributed by atoms with Gasteiger partial charge in [0.25, 0.3) is 4.87 Å². The van der Waals surface area contributed by atoms with Crippen LogP contribution in [0.2, 0.25) is 0 Å². The zero-order valence-corrected chi connectivity index (χ0v) is 6.40. The van der Waals surface area contributed by atoms with E-state index < -0.39 is 3.79 Å². The molecule has 0 amide bonds. The molecule has 1 fully saturated rings. The van der Waals surface area contributed by atoms with E-state index in [1.54, 1.807) is 0 Å². The summed E-state index contributed by atoms with van der Waals surface area (Å²) >= 11 is 11.3. The highest BCUT2D eigenvalue weighted by molar-refractivity contribution is 6.49. The predicted molar refractivity (Wildman–Crippen MR) is 28.5 cm³/mol. The summed E-state index contributed by atoms with van der Waals surface area (Å²) in [6.07, 6.45) is 0. The van der Waals surface area contributed by atoms with E-state index in [-0.39, 0.29) is 4.87 Å². The Kier molecular flexibility index (Phi) is 1.05. The van der Waals surface area contributed by atoms with E-state index in [4.69, 9.17) is 23.2 Å². The second-order valence-electron chi connectivity index (χ2n) is 2.06. The minimum absolute atomic E-state index is 0.0378. The molecule has 42 valence electrons. The van der Waals surface area contributed by atoms with E-state index in [1.807, 2.05) is 24.6 Å². The van der Waals surface area contributed by atoms with Crippen LogP contribution in [0.4, 0.5) is 0 Å². The maximum absolute atomic E-state index is 5.64. The van der Waals surface area contributed by atoms with Crippen LogP contribution in [-0.2, 0) is 0 Å². The molecule has 0 nitrogen and oxygen atoms in total. The molecule has 0 radical (unpaired) electrons. The van der Waals surface area contributed by atoms with Crippen LogP contribution in [0.15, 0.2) is 0 Å². The molecule has 0 aromatic carbocycles. The quantitative estimate of drug-likeness (QED) is 0.476. The first-order valence-corrected chi connectivity index (χ1v) is 3.52. The van der Waals surface area contributed by atoms with Crippen molar-refractivity contribution in [2.24, 2.45) is 0 Å². The van der Waals surface area contributed by atoms with Crippen molar-refractivity contribution in [2.45, 2.75) is 22.5 Å². The number of hydrogen-bond acceptors (Lipinski definition) is 0. The minimum Gasteiger partial charge on any atom is -0.0262 e. The van der Waals surface area contributed by atoms with E-state index in [2.05, 4.69) is 0 Å². The number of halogens is 3. The van der Waals surface area contributed by atoms with Gasteiger partial charge in [0.2, 0.25) is 0 Å². The minimum atomic E-state index is -0.549. The van der Waals surface area contributed by atoms with Crippen LogP contribution in [0.3, 0.4) is 0 Å². The summed E-state index contributed by atoms with van der Waals surface area (Å²) < 4.78 is -0.549. The molecule has 0 unspecified atom stereocenters. The second kappa shape index (κ2) is 1.23. The SMILES string of the molecule is CC1(C)[Cl+]C1(Cl)Cl. The predicted octanol–water partition coefficient (Wildman–Crippen LogP) is 2.00. The molecule has 3 heteroatoms. The molecule has 0 aromatic heterocycles. The van der Waals surface area contributed by atoms with Crippen LogP contribution < -0.4 is 0 Å². The maximum Gasteiger partial charge on any atom is 0.398 e. The molecule has 0 bridgehead atoms. The fraction of sp³-hybridized carbons (Fsp3) is 1.00. The summed E-state index contributed by atoms with van der Waals surface area (Å²) in [5.41, 5.74) is 0. The third-order valence-corrected chi connectivity index (χ3v) is 3.84. The molecule has 1 aliphatic rings. The van der Waals surface area contributed by atoms with Gasteiger partial charge >= 0.3 is 3.79 Å². The normalized spacial score (nSPS) is 32.6. The Hall–Kier alpha value is 0.870. The Morgan fingerprint density at radius 3 is 1.43 bits per heavy atom. The average molecular weight is 160 g/mol. The second-order valence-corrected chi connectivity index (χ2v) is 5.48. The number of rotatable bonds is 0. The van der Waals surface area contributed by atoms with Gasteiger partial charge in [-0.3, -0.25) is 0 Å². The fourth-order valence-electron chi connectivity index (χ4n) is 0.273.